The van der Waals surface area contributed by atoms with Gasteiger partial charge in [0.25, 0.3) is 0 Å². The lowest BCUT2D eigenvalue weighted by atomic mass is 9.79. The van der Waals surface area contributed by atoms with Crippen LogP contribution in [0, 0.1) is 5.92 Å². The number of hydrogen-bond donors (Lipinski definition) is 3. The van der Waals surface area contributed by atoms with Crippen LogP contribution in [0.25, 0.3) is 0 Å². The third-order valence-electron chi connectivity index (χ3n) is 7.35. The lowest BCUT2D eigenvalue weighted by Crippen LogP contribution is -2.38. The van der Waals surface area contributed by atoms with E-state index >= 15 is 0 Å². The van der Waals surface area contributed by atoms with E-state index in [2.05, 4.69) is 43.6 Å². The number of nitrogens with zero attached hydrogens (tertiary/aromatic N) is 4. The fourth-order valence-electron chi connectivity index (χ4n) is 5.28. The Morgan fingerprint density at radius 3 is 2.76 bits per heavy atom. The first-order valence-electron chi connectivity index (χ1n) is 11.0. The molecule has 0 radical (unpaired) electrons. The Morgan fingerprint density at radius 2 is 2.03 bits per heavy atom. The maximum atomic E-state index is 10.4. The van der Waals surface area contributed by atoms with E-state index < -0.39 is 0 Å². The lowest BCUT2D eigenvalue weighted by Gasteiger charge is -2.34. The van der Waals surface area contributed by atoms with Gasteiger partial charge in [0, 0.05) is 31.1 Å². The number of aliphatic hydroxyl groups excluding tert-OH is 1. The molecule has 3 N–H and O–H groups in total. The van der Waals surface area contributed by atoms with Crippen LogP contribution in [-0.4, -0.2) is 77.1 Å². The number of nitrogens with one attached hydrogen (secondary N) is 2. The van der Waals surface area contributed by atoms with Crippen LogP contribution in [0.1, 0.15) is 50.8 Å². The number of anilines is 1. The van der Waals surface area contributed by atoms with Crippen LogP contribution in [0.2, 0.25) is 0 Å². The Labute approximate surface area is 173 Å². The summed E-state index contributed by atoms with van der Waals surface area (Å²) >= 11 is 0. The van der Waals surface area contributed by atoms with Gasteiger partial charge in [-0.2, -0.15) is 0 Å². The molecule has 6 atom stereocenters. The zero-order valence-corrected chi connectivity index (χ0v) is 17.7. The second-order valence-corrected chi connectivity index (χ2v) is 9.84. The minimum absolute atomic E-state index is 0.129. The molecule has 0 amide bonds. The fourth-order valence-corrected chi connectivity index (χ4v) is 5.28. The Kier molecular flexibility index (Phi) is 5.03. The second-order valence-electron chi connectivity index (χ2n) is 9.84. The van der Waals surface area contributed by atoms with Crippen molar-refractivity contribution in [2.75, 3.05) is 32.1 Å². The maximum absolute atomic E-state index is 10.4. The topological polar surface area (TPSA) is 85.8 Å². The minimum atomic E-state index is -0.362. The molecule has 2 saturated heterocycles. The standard InChI is InChI=1S/C21H34N6O2/c1-21(6-7-21)29-13-4-5-15-14(8-13)20(25-24-15)16-9-19(23-12-22-16)27-10-17(26(2)3)18(28)11-27/h9,12-15,17-18,20,24-25,28H,4-8,10-11H2,1-3H3/t13?,14?,15?,17-,18-,20?/m0/s1. The van der Waals surface area contributed by atoms with Gasteiger partial charge in [-0.3, -0.25) is 5.43 Å². The highest BCUT2D eigenvalue weighted by molar-refractivity contribution is 5.42. The van der Waals surface area contributed by atoms with Crippen LogP contribution < -0.4 is 15.8 Å². The van der Waals surface area contributed by atoms with Gasteiger partial charge in [-0.05, 0) is 53.1 Å². The molecule has 4 aliphatic rings. The molecule has 0 spiro atoms. The van der Waals surface area contributed by atoms with Crippen LogP contribution in [0.5, 0.6) is 0 Å². The van der Waals surface area contributed by atoms with E-state index in [9.17, 15) is 5.11 Å². The van der Waals surface area contributed by atoms with Crippen molar-refractivity contribution in [2.24, 2.45) is 5.92 Å². The van der Waals surface area contributed by atoms with Crippen molar-refractivity contribution in [1.29, 1.82) is 0 Å². The average molecular weight is 403 g/mol. The molecule has 4 fully saturated rings. The van der Waals surface area contributed by atoms with Gasteiger partial charge in [0.05, 0.1) is 35.6 Å². The molecule has 8 nitrogen and oxygen atoms in total. The van der Waals surface area contributed by atoms with E-state index in [1.54, 1.807) is 6.33 Å². The number of β-amino-alcohol motifs (C(OH)–C–C–N with tert-alkyl or cyclic N) is 1. The highest BCUT2D eigenvalue weighted by Crippen LogP contribution is 2.45. The van der Waals surface area contributed by atoms with Crippen LogP contribution >= 0.6 is 0 Å². The molecule has 2 aliphatic carbocycles. The number of rotatable bonds is 5. The molecule has 0 aromatic carbocycles. The fraction of sp³-hybridized carbons (Fsp3) is 0.810. The van der Waals surface area contributed by atoms with Crippen molar-refractivity contribution >= 4 is 5.82 Å². The molecule has 3 heterocycles. The number of fused-ring (bicyclic) bond motifs is 1. The largest absolute Gasteiger partial charge is 0.390 e. The summed E-state index contributed by atoms with van der Waals surface area (Å²) in [6, 6.07) is 2.86. The summed E-state index contributed by atoms with van der Waals surface area (Å²) in [6.45, 7) is 3.63. The van der Waals surface area contributed by atoms with Crippen molar-refractivity contribution in [2.45, 2.75) is 75.0 Å². The van der Waals surface area contributed by atoms with Gasteiger partial charge in [-0.25, -0.2) is 15.4 Å². The third-order valence-corrected chi connectivity index (χ3v) is 7.35. The third kappa shape index (κ3) is 3.88. The van der Waals surface area contributed by atoms with Gasteiger partial charge in [0.2, 0.25) is 0 Å². The molecular formula is C21H34N6O2. The van der Waals surface area contributed by atoms with Crippen LogP contribution in [-0.2, 0) is 4.74 Å². The van der Waals surface area contributed by atoms with Gasteiger partial charge in [-0.1, -0.05) is 0 Å². The molecule has 0 bridgehead atoms. The Balaban J connectivity index is 1.30. The quantitative estimate of drug-likeness (QED) is 0.668. The van der Waals surface area contributed by atoms with Crippen LogP contribution in [0.15, 0.2) is 12.4 Å². The summed E-state index contributed by atoms with van der Waals surface area (Å²) in [7, 11) is 4.03. The lowest BCUT2D eigenvalue weighted by molar-refractivity contribution is -0.0500. The Hall–Kier alpha value is -1.32. The van der Waals surface area contributed by atoms with E-state index in [1.807, 2.05) is 14.1 Å². The zero-order chi connectivity index (χ0) is 20.2. The van der Waals surface area contributed by atoms with E-state index in [4.69, 9.17) is 4.74 Å². The summed E-state index contributed by atoms with van der Waals surface area (Å²) in [4.78, 5) is 13.4. The molecule has 5 rings (SSSR count). The van der Waals surface area contributed by atoms with Crippen molar-refractivity contribution in [3.8, 4) is 0 Å². The van der Waals surface area contributed by atoms with E-state index in [0.29, 0.717) is 24.6 Å². The van der Waals surface area contributed by atoms with E-state index in [1.165, 1.54) is 12.8 Å². The Morgan fingerprint density at radius 1 is 1.21 bits per heavy atom. The van der Waals surface area contributed by atoms with Gasteiger partial charge in [-0.15, -0.1) is 0 Å². The summed E-state index contributed by atoms with van der Waals surface area (Å²) in [5, 5.41) is 10.4. The SMILES string of the molecule is CN(C)[C@H]1CN(c2cc(C3NNC4CCC(OC5(C)CC5)CC43)ncn2)C[C@@H]1O. The van der Waals surface area contributed by atoms with E-state index in [-0.39, 0.29) is 23.8 Å². The van der Waals surface area contributed by atoms with Gasteiger partial charge >= 0.3 is 0 Å². The minimum Gasteiger partial charge on any atom is -0.390 e. The van der Waals surface area contributed by atoms with Gasteiger partial charge < -0.3 is 19.6 Å². The van der Waals surface area contributed by atoms with Gasteiger partial charge in [0.1, 0.15) is 12.1 Å². The molecule has 2 aliphatic heterocycles. The normalized spacial score (nSPS) is 38.4. The van der Waals surface area contributed by atoms with Crippen molar-refractivity contribution < 1.29 is 9.84 Å². The summed E-state index contributed by atoms with van der Waals surface area (Å²) in [5.41, 5.74) is 8.15. The monoisotopic (exact) mass is 402 g/mol. The van der Waals surface area contributed by atoms with Crippen LogP contribution in [0.3, 0.4) is 0 Å². The van der Waals surface area contributed by atoms with Crippen LogP contribution in [0.4, 0.5) is 5.82 Å². The Bertz CT molecular complexity index is 742. The predicted octanol–water partition coefficient (Wildman–Crippen LogP) is 0.843. The summed E-state index contributed by atoms with van der Waals surface area (Å²) in [5.74, 6) is 1.37. The molecule has 4 unspecified atom stereocenters. The first-order chi connectivity index (χ1) is 13.9. The molecular weight excluding hydrogens is 368 g/mol. The number of ether oxygens (including phenoxy) is 1. The molecule has 160 valence electrons. The first-order valence-corrected chi connectivity index (χ1v) is 11.0. The molecule has 2 saturated carbocycles. The number of hydrogen-bond acceptors (Lipinski definition) is 8. The smallest absolute Gasteiger partial charge is 0.132 e. The number of likely N-dealkylation sites (N-methyl/N-ethyl adjacent to an activating group) is 1. The predicted molar refractivity (Wildman–Crippen MR) is 110 cm³/mol. The zero-order valence-electron chi connectivity index (χ0n) is 17.7. The average Bonchev–Trinajstić information content (AvgIpc) is 3.11. The van der Waals surface area contributed by atoms with Crippen molar-refractivity contribution in [3.63, 3.8) is 0 Å². The molecule has 1 aromatic rings. The molecule has 8 heteroatoms. The summed E-state index contributed by atoms with van der Waals surface area (Å²) < 4.78 is 6.40. The molecule has 29 heavy (non-hydrogen) atoms. The second kappa shape index (κ2) is 7.42. The van der Waals surface area contributed by atoms with E-state index in [0.717, 1.165) is 37.3 Å². The highest BCUT2D eigenvalue weighted by atomic mass is 16.5. The number of aromatic nitrogens is 2. The van der Waals surface area contributed by atoms with Gasteiger partial charge in [0.15, 0.2) is 0 Å². The summed E-state index contributed by atoms with van der Waals surface area (Å²) in [6.07, 6.45) is 7.38. The number of aliphatic hydroxyl groups is 1. The van der Waals surface area contributed by atoms with Crippen molar-refractivity contribution in [3.05, 3.63) is 18.1 Å². The first kappa shape index (κ1) is 19.6. The highest BCUT2D eigenvalue weighted by Gasteiger charge is 2.46. The maximum Gasteiger partial charge on any atom is 0.132 e. The van der Waals surface area contributed by atoms with Crippen molar-refractivity contribution in [1.82, 2.24) is 25.7 Å². The molecule has 1 aromatic heterocycles. The number of hydrazine groups is 1.